The number of hydrogen-bond acceptors (Lipinski definition) is 5. The third-order valence-electron chi connectivity index (χ3n) is 3.34. The van der Waals surface area contributed by atoms with Crippen molar-refractivity contribution in [3.8, 4) is 0 Å². The second-order valence-electron chi connectivity index (χ2n) is 4.64. The maximum absolute atomic E-state index is 11.8. The molecule has 0 saturated heterocycles. The van der Waals surface area contributed by atoms with Crippen molar-refractivity contribution in [3.63, 3.8) is 0 Å². The lowest BCUT2D eigenvalue weighted by Crippen LogP contribution is -2.27. The Kier molecular flexibility index (Phi) is 3.17. The molecule has 1 fully saturated rings. The van der Waals surface area contributed by atoms with Gasteiger partial charge in [0.2, 0.25) is 0 Å². The predicted molar refractivity (Wildman–Crippen MR) is 77.4 cm³/mol. The minimum Gasteiger partial charge on any atom is -0.309 e. The van der Waals surface area contributed by atoms with Crippen molar-refractivity contribution < 1.29 is 0 Å². The normalized spacial score (nSPS) is 17.2. The largest absolute Gasteiger partial charge is 0.309 e. The van der Waals surface area contributed by atoms with Crippen LogP contribution in [0.25, 0.3) is 10.2 Å². The van der Waals surface area contributed by atoms with Crippen LogP contribution in [0.3, 0.4) is 0 Å². The van der Waals surface area contributed by atoms with E-state index in [1.165, 1.54) is 24.2 Å². The molecular weight excluding hydrogens is 266 g/mol. The number of aromatic amines is 1. The molecule has 0 bridgehead atoms. The highest BCUT2D eigenvalue weighted by molar-refractivity contribution is 8.00. The molecular formula is C12H15N3OS2. The van der Waals surface area contributed by atoms with Crippen LogP contribution in [0.5, 0.6) is 0 Å². The zero-order valence-electron chi connectivity index (χ0n) is 10.2. The molecule has 0 spiro atoms. The maximum Gasteiger partial charge on any atom is 0.268 e. The number of H-pyrrole nitrogens is 1. The number of nitrogens with zero attached hydrogens (tertiary/aromatic N) is 1. The molecule has 0 amide bonds. The monoisotopic (exact) mass is 281 g/mol. The van der Waals surface area contributed by atoms with Gasteiger partial charge < -0.3 is 10.3 Å². The van der Waals surface area contributed by atoms with E-state index in [2.05, 4.69) is 21.5 Å². The number of thioether (sulfide) groups is 1. The molecule has 3 rings (SSSR count). The van der Waals surface area contributed by atoms with Gasteiger partial charge >= 0.3 is 0 Å². The second kappa shape index (κ2) is 4.68. The fraction of sp³-hybridized carbons (Fsp3) is 0.500. The molecule has 2 aromatic heterocycles. The number of fused-ring (bicyclic) bond motifs is 1. The minimum atomic E-state index is -0.0298. The summed E-state index contributed by atoms with van der Waals surface area (Å²) in [6.07, 6.45) is 4.73. The van der Waals surface area contributed by atoms with E-state index in [-0.39, 0.29) is 5.56 Å². The first-order valence-corrected chi connectivity index (χ1v) is 8.05. The quantitative estimate of drug-likeness (QED) is 0.880. The Morgan fingerprint density at radius 1 is 1.61 bits per heavy atom. The SMILES string of the molecule is CSC1(CNCc2nc3ccsc3c(=O)[nH]2)CC1. The lowest BCUT2D eigenvalue weighted by atomic mass is 10.4. The lowest BCUT2D eigenvalue weighted by Gasteiger charge is -2.12. The van der Waals surface area contributed by atoms with Crippen molar-refractivity contribution in [2.75, 3.05) is 12.8 Å². The Morgan fingerprint density at radius 3 is 3.17 bits per heavy atom. The lowest BCUT2D eigenvalue weighted by molar-refractivity contribution is 0.640. The summed E-state index contributed by atoms with van der Waals surface area (Å²) in [4.78, 5) is 19.1. The molecule has 2 heterocycles. The highest BCUT2D eigenvalue weighted by Gasteiger charge is 2.41. The van der Waals surface area contributed by atoms with E-state index in [4.69, 9.17) is 0 Å². The maximum atomic E-state index is 11.8. The molecule has 0 atom stereocenters. The van der Waals surface area contributed by atoms with Crippen molar-refractivity contribution in [1.82, 2.24) is 15.3 Å². The van der Waals surface area contributed by atoms with Gasteiger partial charge in [-0.1, -0.05) is 0 Å². The summed E-state index contributed by atoms with van der Waals surface area (Å²) in [5, 5.41) is 5.29. The minimum absolute atomic E-state index is 0.0298. The standard InChI is InChI=1S/C12H15N3OS2/c1-17-12(3-4-12)7-13-6-9-14-8-2-5-18-10(8)11(16)15-9/h2,5,13H,3-4,6-7H2,1H3,(H,14,15,16). The molecule has 1 aliphatic carbocycles. The molecule has 2 aromatic rings. The Hall–Kier alpha value is -0.850. The summed E-state index contributed by atoms with van der Waals surface area (Å²) in [6.45, 7) is 1.61. The van der Waals surface area contributed by atoms with Crippen LogP contribution in [0.2, 0.25) is 0 Å². The van der Waals surface area contributed by atoms with Crippen LogP contribution >= 0.6 is 23.1 Å². The molecule has 18 heavy (non-hydrogen) atoms. The highest BCUT2D eigenvalue weighted by atomic mass is 32.2. The number of aromatic nitrogens is 2. The van der Waals surface area contributed by atoms with Crippen LogP contribution in [0.15, 0.2) is 16.2 Å². The third-order valence-corrected chi connectivity index (χ3v) is 5.67. The van der Waals surface area contributed by atoms with Crippen LogP contribution in [-0.2, 0) is 6.54 Å². The molecule has 6 heteroatoms. The van der Waals surface area contributed by atoms with Gasteiger partial charge in [0.25, 0.3) is 5.56 Å². The van der Waals surface area contributed by atoms with Crippen LogP contribution in [0.4, 0.5) is 0 Å². The van der Waals surface area contributed by atoms with E-state index in [0.717, 1.165) is 17.9 Å². The van der Waals surface area contributed by atoms with Crippen molar-refractivity contribution in [2.24, 2.45) is 0 Å². The van der Waals surface area contributed by atoms with Crippen molar-refractivity contribution in [2.45, 2.75) is 24.1 Å². The number of nitrogens with one attached hydrogen (secondary N) is 2. The third kappa shape index (κ3) is 2.32. The molecule has 0 radical (unpaired) electrons. The van der Waals surface area contributed by atoms with Crippen LogP contribution in [-0.4, -0.2) is 27.5 Å². The van der Waals surface area contributed by atoms with E-state index < -0.39 is 0 Å². The molecule has 4 nitrogen and oxygen atoms in total. The van der Waals surface area contributed by atoms with E-state index in [9.17, 15) is 4.79 Å². The zero-order valence-corrected chi connectivity index (χ0v) is 11.8. The summed E-state index contributed by atoms with van der Waals surface area (Å²) >= 11 is 3.36. The van der Waals surface area contributed by atoms with Gasteiger partial charge in [-0.2, -0.15) is 11.8 Å². The predicted octanol–water partition coefficient (Wildman–Crippen LogP) is 1.97. The van der Waals surface area contributed by atoms with Gasteiger partial charge in [0, 0.05) is 11.3 Å². The number of hydrogen-bond donors (Lipinski definition) is 2. The number of thiophene rings is 1. The average molecular weight is 281 g/mol. The molecule has 1 saturated carbocycles. The molecule has 2 N–H and O–H groups in total. The summed E-state index contributed by atoms with van der Waals surface area (Å²) in [5.41, 5.74) is 0.768. The topological polar surface area (TPSA) is 57.8 Å². The van der Waals surface area contributed by atoms with Crippen LogP contribution in [0.1, 0.15) is 18.7 Å². The summed E-state index contributed by atoms with van der Waals surface area (Å²) < 4.78 is 1.15. The molecule has 0 unspecified atom stereocenters. The van der Waals surface area contributed by atoms with E-state index in [1.807, 2.05) is 23.2 Å². The fourth-order valence-corrected chi connectivity index (χ4v) is 3.49. The summed E-state index contributed by atoms with van der Waals surface area (Å²) in [7, 11) is 0. The second-order valence-corrected chi connectivity index (χ2v) is 6.83. The molecule has 1 aliphatic rings. The van der Waals surface area contributed by atoms with Gasteiger partial charge in [0.05, 0.1) is 12.1 Å². The van der Waals surface area contributed by atoms with Crippen molar-refractivity contribution >= 4 is 33.3 Å². The van der Waals surface area contributed by atoms with Crippen molar-refractivity contribution in [3.05, 3.63) is 27.6 Å². The van der Waals surface area contributed by atoms with Gasteiger partial charge in [0.15, 0.2) is 0 Å². The van der Waals surface area contributed by atoms with Crippen molar-refractivity contribution in [1.29, 1.82) is 0 Å². The van der Waals surface area contributed by atoms with Gasteiger partial charge in [-0.25, -0.2) is 4.98 Å². The highest BCUT2D eigenvalue weighted by Crippen LogP contribution is 2.46. The number of rotatable bonds is 5. The van der Waals surface area contributed by atoms with E-state index >= 15 is 0 Å². The Morgan fingerprint density at radius 2 is 2.44 bits per heavy atom. The molecule has 0 aliphatic heterocycles. The molecule has 0 aromatic carbocycles. The Labute approximate surface area is 113 Å². The van der Waals surface area contributed by atoms with Gasteiger partial charge in [0.1, 0.15) is 10.5 Å². The van der Waals surface area contributed by atoms with E-state index in [1.54, 1.807) is 0 Å². The average Bonchev–Trinajstić information content (AvgIpc) is 2.97. The fourth-order valence-electron chi connectivity index (χ4n) is 2.01. The zero-order chi connectivity index (χ0) is 12.6. The van der Waals surface area contributed by atoms with Gasteiger partial charge in [-0.3, -0.25) is 4.79 Å². The first-order valence-electron chi connectivity index (χ1n) is 5.95. The molecule has 96 valence electrons. The first-order chi connectivity index (χ1) is 8.72. The first kappa shape index (κ1) is 12.2. The summed E-state index contributed by atoms with van der Waals surface area (Å²) in [6, 6.07) is 1.89. The summed E-state index contributed by atoms with van der Waals surface area (Å²) in [5.74, 6) is 0.725. The van der Waals surface area contributed by atoms with Gasteiger partial charge in [-0.15, -0.1) is 11.3 Å². The smallest absolute Gasteiger partial charge is 0.268 e. The Balaban J connectivity index is 1.69. The van der Waals surface area contributed by atoms with Crippen LogP contribution < -0.4 is 10.9 Å². The van der Waals surface area contributed by atoms with E-state index in [0.29, 0.717) is 16.0 Å². The van der Waals surface area contributed by atoms with Crippen LogP contribution in [0, 0.1) is 0 Å². The van der Waals surface area contributed by atoms with Gasteiger partial charge in [-0.05, 0) is 30.5 Å². The Bertz CT molecular complexity index is 615.